The van der Waals surface area contributed by atoms with Crippen molar-refractivity contribution in [2.24, 2.45) is 5.92 Å². The molecule has 7 nitrogen and oxygen atoms in total. The smallest absolute Gasteiger partial charge is 0.322 e. The monoisotopic (exact) mass is 289 g/mol. The highest BCUT2D eigenvalue weighted by Crippen LogP contribution is 2.13. The average Bonchev–Trinajstić information content (AvgIpc) is 2.75. The predicted octanol–water partition coefficient (Wildman–Crippen LogP) is 0.851. The van der Waals surface area contributed by atoms with Crippen molar-refractivity contribution in [3.05, 3.63) is 12.4 Å². The molecular formula is C11H19N3O4S. The largest absolute Gasteiger partial charge is 0.480 e. The van der Waals surface area contributed by atoms with E-state index in [4.69, 9.17) is 5.11 Å². The fourth-order valence-corrected chi connectivity index (χ4v) is 2.72. The number of carboxylic acid groups (broad SMARTS) is 1. The van der Waals surface area contributed by atoms with Crippen molar-refractivity contribution >= 4 is 16.0 Å². The van der Waals surface area contributed by atoms with Crippen molar-refractivity contribution < 1.29 is 18.3 Å². The first-order valence-corrected chi connectivity index (χ1v) is 7.42. The maximum absolute atomic E-state index is 12.1. The molecule has 1 aromatic rings. The van der Waals surface area contributed by atoms with Crippen molar-refractivity contribution in [2.45, 2.75) is 44.7 Å². The Hall–Kier alpha value is -1.41. The molecule has 0 fully saturated rings. The van der Waals surface area contributed by atoms with Crippen molar-refractivity contribution in [1.82, 2.24) is 14.5 Å². The van der Waals surface area contributed by atoms with E-state index in [0.717, 1.165) is 0 Å². The number of hydrogen-bond donors (Lipinski definition) is 2. The summed E-state index contributed by atoms with van der Waals surface area (Å²) >= 11 is 0. The Morgan fingerprint density at radius 1 is 1.37 bits per heavy atom. The van der Waals surface area contributed by atoms with E-state index in [9.17, 15) is 13.2 Å². The van der Waals surface area contributed by atoms with Crippen LogP contribution in [0, 0.1) is 5.92 Å². The highest BCUT2D eigenvalue weighted by molar-refractivity contribution is 7.89. The van der Waals surface area contributed by atoms with E-state index in [1.165, 1.54) is 17.1 Å². The first-order chi connectivity index (χ1) is 8.65. The lowest BCUT2D eigenvalue weighted by molar-refractivity contribution is -0.140. The van der Waals surface area contributed by atoms with Crippen LogP contribution in [0.5, 0.6) is 0 Å². The van der Waals surface area contributed by atoms with Crippen LogP contribution < -0.4 is 4.72 Å². The average molecular weight is 289 g/mol. The van der Waals surface area contributed by atoms with Gasteiger partial charge in [0.05, 0.1) is 6.20 Å². The molecule has 8 heteroatoms. The summed E-state index contributed by atoms with van der Waals surface area (Å²) in [6, 6.07) is -1.13. The topological polar surface area (TPSA) is 101 Å². The SMILES string of the molecule is CC(C)[C@H](NS(=O)(=O)c1cnn(C(C)C)c1)C(=O)O. The first-order valence-electron chi connectivity index (χ1n) is 5.94. The summed E-state index contributed by atoms with van der Waals surface area (Å²) in [5.74, 6) is -1.55. The molecule has 2 N–H and O–H groups in total. The third-order valence-corrected chi connectivity index (χ3v) is 4.03. The molecule has 0 aromatic carbocycles. The molecule has 19 heavy (non-hydrogen) atoms. The lowest BCUT2D eigenvalue weighted by Gasteiger charge is -2.17. The molecule has 1 atom stereocenters. The molecule has 0 amide bonds. The van der Waals surface area contributed by atoms with Crippen molar-refractivity contribution in [2.75, 3.05) is 0 Å². The zero-order valence-corrected chi connectivity index (χ0v) is 12.2. The second kappa shape index (κ2) is 5.70. The van der Waals surface area contributed by atoms with Gasteiger partial charge in [-0.05, 0) is 19.8 Å². The molecule has 1 heterocycles. The first kappa shape index (κ1) is 15.6. The van der Waals surface area contributed by atoms with Gasteiger partial charge in [-0.2, -0.15) is 9.82 Å². The Kier molecular flexibility index (Phi) is 4.70. The van der Waals surface area contributed by atoms with Gasteiger partial charge in [0.2, 0.25) is 10.0 Å². The molecule has 108 valence electrons. The van der Waals surface area contributed by atoms with Crippen molar-refractivity contribution in [1.29, 1.82) is 0 Å². The van der Waals surface area contributed by atoms with Gasteiger partial charge in [0, 0.05) is 12.2 Å². The van der Waals surface area contributed by atoms with Crippen LogP contribution in [-0.4, -0.2) is 35.3 Å². The van der Waals surface area contributed by atoms with Gasteiger partial charge in [-0.25, -0.2) is 8.42 Å². The second-order valence-corrected chi connectivity index (χ2v) is 6.64. The second-order valence-electron chi connectivity index (χ2n) is 4.93. The summed E-state index contributed by atoms with van der Waals surface area (Å²) in [5, 5.41) is 12.9. The lowest BCUT2D eigenvalue weighted by atomic mass is 10.1. The minimum atomic E-state index is -3.88. The molecule has 0 spiro atoms. The van der Waals surface area contributed by atoms with E-state index < -0.39 is 22.0 Å². The maximum Gasteiger partial charge on any atom is 0.322 e. The molecule has 0 saturated carbocycles. The summed E-state index contributed by atoms with van der Waals surface area (Å²) < 4.78 is 27.8. The molecule has 1 aromatic heterocycles. The van der Waals surface area contributed by atoms with Gasteiger partial charge in [0.15, 0.2) is 0 Å². The van der Waals surface area contributed by atoms with Crippen LogP contribution in [0.2, 0.25) is 0 Å². The van der Waals surface area contributed by atoms with E-state index >= 15 is 0 Å². The van der Waals surface area contributed by atoms with Crippen LogP contribution in [-0.2, 0) is 14.8 Å². The summed E-state index contributed by atoms with van der Waals surface area (Å²) in [4.78, 5) is 11.0. The van der Waals surface area contributed by atoms with Gasteiger partial charge in [-0.15, -0.1) is 0 Å². The summed E-state index contributed by atoms with van der Waals surface area (Å²) in [5.41, 5.74) is 0. The fraction of sp³-hybridized carbons (Fsp3) is 0.636. The molecule has 0 aliphatic rings. The van der Waals surface area contributed by atoms with E-state index in [0.29, 0.717) is 0 Å². The fourth-order valence-electron chi connectivity index (χ4n) is 1.45. The summed E-state index contributed by atoms with van der Waals surface area (Å²) in [6.45, 7) is 7.01. The molecule has 0 aliphatic carbocycles. The maximum atomic E-state index is 12.1. The van der Waals surface area contributed by atoms with Crippen LogP contribution >= 0.6 is 0 Å². The Labute approximate surface area is 112 Å². The predicted molar refractivity (Wildman–Crippen MR) is 69.2 cm³/mol. The van der Waals surface area contributed by atoms with Crippen LogP contribution in [0.1, 0.15) is 33.7 Å². The van der Waals surface area contributed by atoms with Crippen LogP contribution in [0.3, 0.4) is 0 Å². The van der Waals surface area contributed by atoms with Gasteiger partial charge < -0.3 is 5.11 Å². The van der Waals surface area contributed by atoms with Gasteiger partial charge in [0.1, 0.15) is 10.9 Å². The standard InChI is InChI=1S/C11H19N3O4S/c1-7(2)10(11(15)16)13-19(17,18)9-5-12-14(6-9)8(3)4/h5-8,10,13H,1-4H3,(H,15,16)/t10-/m0/s1. The van der Waals surface area contributed by atoms with Crippen LogP contribution in [0.4, 0.5) is 0 Å². The number of aliphatic carboxylic acids is 1. The van der Waals surface area contributed by atoms with E-state index in [-0.39, 0.29) is 16.9 Å². The number of carbonyl (C=O) groups is 1. The Morgan fingerprint density at radius 2 is 1.95 bits per heavy atom. The Balaban J connectivity index is 3.00. The Bertz CT molecular complexity index is 548. The van der Waals surface area contributed by atoms with E-state index in [2.05, 4.69) is 9.82 Å². The van der Waals surface area contributed by atoms with E-state index in [1.807, 2.05) is 13.8 Å². The normalized spacial score (nSPS) is 14.0. The third kappa shape index (κ3) is 3.77. The number of aromatic nitrogens is 2. The molecular weight excluding hydrogens is 270 g/mol. The van der Waals surface area contributed by atoms with Crippen LogP contribution in [0.25, 0.3) is 0 Å². The van der Waals surface area contributed by atoms with Gasteiger partial charge in [0.25, 0.3) is 0 Å². The van der Waals surface area contributed by atoms with Gasteiger partial charge in [-0.3, -0.25) is 9.48 Å². The van der Waals surface area contributed by atoms with E-state index in [1.54, 1.807) is 13.8 Å². The number of carboxylic acids is 1. The van der Waals surface area contributed by atoms with Gasteiger partial charge in [-0.1, -0.05) is 13.8 Å². The quantitative estimate of drug-likeness (QED) is 0.808. The molecule has 1 rings (SSSR count). The van der Waals surface area contributed by atoms with Crippen molar-refractivity contribution in [3.8, 4) is 0 Å². The molecule has 0 bridgehead atoms. The molecule has 0 unspecified atom stereocenters. The number of nitrogens with zero attached hydrogens (tertiary/aromatic N) is 2. The number of hydrogen-bond acceptors (Lipinski definition) is 4. The highest BCUT2D eigenvalue weighted by Gasteiger charge is 2.28. The molecule has 0 saturated heterocycles. The van der Waals surface area contributed by atoms with Crippen LogP contribution in [0.15, 0.2) is 17.3 Å². The van der Waals surface area contributed by atoms with Gasteiger partial charge >= 0.3 is 5.97 Å². The number of nitrogens with one attached hydrogen (secondary N) is 1. The minimum absolute atomic E-state index is 0.0318. The summed E-state index contributed by atoms with van der Waals surface area (Å²) in [7, 11) is -3.88. The minimum Gasteiger partial charge on any atom is -0.480 e. The molecule has 0 radical (unpaired) electrons. The summed E-state index contributed by atoms with van der Waals surface area (Å²) in [6.07, 6.45) is 2.59. The molecule has 0 aliphatic heterocycles. The lowest BCUT2D eigenvalue weighted by Crippen LogP contribution is -2.44. The Morgan fingerprint density at radius 3 is 2.32 bits per heavy atom. The number of sulfonamides is 1. The zero-order valence-electron chi connectivity index (χ0n) is 11.4. The third-order valence-electron chi connectivity index (χ3n) is 2.63. The zero-order chi connectivity index (χ0) is 14.8. The number of rotatable bonds is 6. The van der Waals surface area contributed by atoms with Crippen molar-refractivity contribution in [3.63, 3.8) is 0 Å². The highest BCUT2D eigenvalue weighted by atomic mass is 32.2.